The molecular formula is C12H15BrFN. The summed E-state index contributed by atoms with van der Waals surface area (Å²) in [5, 5.41) is 3.31. The lowest BCUT2D eigenvalue weighted by atomic mass is 10.0. The van der Waals surface area contributed by atoms with Gasteiger partial charge in [0.2, 0.25) is 0 Å². The van der Waals surface area contributed by atoms with Crippen molar-refractivity contribution in [2.75, 3.05) is 7.05 Å². The van der Waals surface area contributed by atoms with E-state index in [1.165, 1.54) is 18.9 Å². The quantitative estimate of drug-likeness (QED) is 0.888. The highest BCUT2D eigenvalue weighted by molar-refractivity contribution is 9.10. The molecule has 2 rings (SSSR count). The first-order valence-corrected chi connectivity index (χ1v) is 6.10. The molecule has 1 nitrogen and oxygen atoms in total. The fourth-order valence-corrected chi connectivity index (χ4v) is 2.50. The molecule has 82 valence electrons. The van der Waals surface area contributed by atoms with Crippen molar-refractivity contribution >= 4 is 15.9 Å². The molecule has 1 unspecified atom stereocenters. The average Bonchev–Trinajstić information content (AvgIpc) is 2.95. The Balaban J connectivity index is 2.08. The molecule has 0 aromatic heterocycles. The molecule has 0 saturated heterocycles. The summed E-state index contributed by atoms with van der Waals surface area (Å²) in [5.74, 6) is 0.627. The van der Waals surface area contributed by atoms with Crippen molar-refractivity contribution in [2.45, 2.75) is 25.3 Å². The van der Waals surface area contributed by atoms with Crippen LogP contribution in [-0.2, 0) is 6.42 Å². The maximum absolute atomic E-state index is 13.1. The number of halogens is 2. The molecule has 1 saturated carbocycles. The van der Waals surface area contributed by atoms with E-state index in [1.807, 2.05) is 13.1 Å². The van der Waals surface area contributed by atoms with Crippen LogP contribution in [0.25, 0.3) is 0 Å². The van der Waals surface area contributed by atoms with Crippen LogP contribution in [0, 0.1) is 11.7 Å². The van der Waals surface area contributed by atoms with Crippen LogP contribution < -0.4 is 5.32 Å². The van der Waals surface area contributed by atoms with Crippen molar-refractivity contribution in [1.82, 2.24) is 5.32 Å². The van der Waals surface area contributed by atoms with E-state index in [-0.39, 0.29) is 5.82 Å². The number of hydrogen-bond acceptors (Lipinski definition) is 1. The number of likely N-dealkylation sites (N-methyl/N-ethyl adjacent to an activating group) is 1. The molecular weight excluding hydrogens is 257 g/mol. The third-order valence-electron chi connectivity index (χ3n) is 2.94. The van der Waals surface area contributed by atoms with Gasteiger partial charge in [-0.25, -0.2) is 4.39 Å². The van der Waals surface area contributed by atoms with Crippen LogP contribution in [0.5, 0.6) is 0 Å². The topological polar surface area (TPSA) is 12.0 Å². The highest BCUT2D eigenvalue weighted by atomic mass is 79.9. The number of benzene rings is 1. The Kier molecular flexibility index (Phi) is 3.42. The largest absolute Gasteiger partial charge is 0.316 e. The van der Waals surface area contributed by atoms with Crippen LogP contribution >= 0.6 is 15.9 Å². The van der Waals surface area contributed by atoms with Crippen LogP contribution in [0.1, 0.15) is 18.4 Å². The fraction of sp³-hybridized carbons (Fsp3) is 0.500. The van der Waals surface area contributed by atoms with Crippen molar-refractivity contribution in [3.05, 3.63) is 34.1 Å². The monoisotopic (exact) mass is 271 g/mol. The van der Waals surface area contributed by atoms with Crippen LogP contribution in [-0.4, -0.2) is 13.1 Å². The van der Waals surface area contributed by atoms with Gasteiger partial charge >= 0.3 is 0 Å². The van der Waals surface area contributed by atoms with E-state index in [2.05, 4.69) is 21.2 Å². The van der Waals surface area contributed by atoms with Gasteiger partial charge in [-0.2, -0.15) is 0 Å². The number of hydrogen-bond donors (Lipinski definition) is 1. The lowest BCUT2D eigenvalue weighted by Gasteiger charge is -2.15. The molecule has 1 aliphatic rings. The van der Waals surface area contributed by atoms with E-state index in [9.17, 15) is 4.39 Å². The minimum atomic E-state index is -0.162. The van der Waals surface area contributed by atoms with E-state index >= 15 is 0 Å². The molecule has 0 bridgehead atoms. The van der Waals surface area contributed by atoms with E-state index in [0.29, 0.717) is 6.04 Å². The first-order valence-electron chi connectivity index (χ1n) is 5.31. The van der Waals surface area contributed by atoms with Gasteiger partial charge in [-0.3, -0.25) is 0 Å². The molecule has 0 radical (unpaired) electrons. The molecule has 0 heterocycles. The minimum absolute atomic E-state index is 0.162. The predicted octanol–water partition coefficient (Wildman–Crippen LogP) is 3.13. The molecule has 15 heavy (non-hydrogen) atoms. The fourth-order valence-electron chi connectivity index (χ4n) is 1.99. The van der Waals surface area contributed by atoms with Gasteiger partial charge in [-0.1, -0.05) is 15.9 Å². The van der Waals surface area contributed by atoms with Crippen LogP contribution in [0.2, 0.25) is 0 Å². The first-order chi connectivity index (χ1) is 7.19. The van der Waals surface area contributed by atoms with Gasteiger partial charge in [-0.05, 0) is 56.0 Å². The third kappa shape index (κ3) is 3.02. The Morgan fingerprint density at radius 2 is 2.20 bits per heavy atom. The van der Waals surface area contributed by atoms with E-state index in [0.717, 1.165) is 22.4 Å². The van der Waals surface area contributed by atoms with E-state index < -0.39 is 0 Å². The lowest BCUT2D eigenvalue weighted by molar-refractivity contribution is 0.499. The Labute approximate surface area is 98.2 Å². The van der Waals surface area contributed by atoms with Crippen LogP contribution in [0.3, 0.4) is 0 Å². The number of nitrogens with one attached hydrogen (secondary N) is 1. The molecule has 1 fully saturated rings. The summed E-state index contributed by atoms with van der Waals surface area (Å²) in [6.07, 6.45) is 3.53. The molecule has 1 aromatic rings. The molecule has 0 amide bonds. The van der Waals surface area contributed by atoms with Gasteiger partial charge in [0.1, 0.15) is 5.82 Å². The maximum atomic E-state index is 13.1. The third-order valence-corrected chi connectivity index (χ3v) is 3.40. The molecule has 1 aromatic carbocycles. The maximum Gasteiger partial charge on any atom is 0.124 e. The zero-order valence-corrected chi connectivity index (χ0v) is 10.3. The van der Waals surface area contributed by atoms with Gasteiger partial charge in [0.05, 0.1) is 0 Å². The zero-order chi connectivity index (χ0) is 10.8. The summed E-state index contributed by atoms with van der Waals surface area (Å²) < 4.78 is 14.0. The number of rotatable bonds is 4. The minimum Gasteiger partial charge on any atom is -0.316 e. The Morgan fingerprint density at radius 3 is 2.73 bits per heavy atom. The van der Waals surface area contributed by atoms with Crippen molar-refractivity contribution < 1.29 is 4.39 Å². The van der Waals surface area contributed by atoms with Crippen molar-refractivity contribution in [3.63, 3.8) is 0 Å². The zero-order valence-electron chi connectivity index (χ0n) is 8.76. The van der Waals surface area contributed by atoms with Crippen LogP contribution in [0.4, 0.5) is 4.39 Å². The highest BCUT2D eigenvalue weighted by Gasteiger charge is 2.29. The molecule has 0 aliphatic heterocycles. The smallest absolute Gasteiger partial charge is 0.124 e. The van der Waals surface area contributed by atoms with E-state index in [1.54, 1.807) is 6.07 Å². The molecule has 0 spiro atoms. The molecule has 1 aliphatic carbocycles. The lowest BCUT2D eigenvalue weighted by Crippen LogP contribution is -2.29. The molecule has 1 N–H and O–H groups in total. The van der Waals surface area contributed by atoms with Gasteiger partial charge in [0, 0.05) is 10.5 Å². The average molecular weight is 272 g/mol. The standard InChI is InChI=1S/C12H15BrFN/c1-15-12(9-2-3-9)6-8-4-10(13)7-11(14)5-8/h4-5,7,9,12,15H,2-3,6H2,1H3. The van der Waals surface area contributed by atoms with Crippen molar-refractivity contribution in [3.8, 4) is 0 Å². The SMILES string of the molecule is CNC(Cc1cc(F)cc(Br)c1)C1CC1. The van der Waals surface area contributed by atoms with E-state index in [4.69, 9.17) is 0 Å². The second-order valence-electron chi connectivity index (χ2n) is 4.21. The van der Waals surface area contributed by atoms with Gasteiger partial charge in [0.25, 0.3) is 0 Å². The molecule has 3 heteroatoms. The summed E-state index contributed by atoms with van der Waals surface area (Å²) in [5.41, 5.74) is 1.06. The second-order valence-corrected chi connectivity index (χ2v) is 5.13. The van der Waals surface area contributed by atoms with Gasteiger partial charge < -0.3 is 5.32 Å². The first kappa shape index (κ1) is 11.1. The summed E-state index contributed by atoms with van der Waals surface area (Å²) in [6, 6.07) is 5.61. The highest BCUT2D eigenvalue weighted by Crippen LogP contribution is 2.34. The van der Waals surface area contributed by atoms with Gasteiger partial charge in [-0.15, -0.1) is 0 Å². The summed E-state index contributed by atoms with van der Waals surface area (Å²) >= 11 is 3.32. The van der Waals surface area contributed by atoms with Crippen LogP contribution in [0.15, 0.2) is 22.7 Å². The van der Waals surface area contributed by atoms with Crippen molar-refractivity contribution in [1.29, 1.82) is 0 Å². The Morgan fingerprint density at radius 1 is 1.47 bits per heavy atom. The summed E-state index contributed by atoms with van der Waals surface area (Å²) in [7, 11) is 1.98. The van der Waals surface area contributed by atoms with Gasteiger partial charge in [0.15, 0.2) is 0 Å². The summed E-state index contributed by atoms with van der Waals surface area (Å²) in [4.78, 5) is 0. The predicted molar refractivity (Wildman–Crippen MR) is 63.4 cm³/mol. The normalized spacial score (nSPS) is 17.8. The Hall–Kier alpha value is -0.410. The summed E-state index contributed by atoms with van der Waals surface area (Å²) in [6.45, 7) is 0. The Bertz CT molecular complexity index is 329. The molecule has 1 atom stereocenters. The second kappa shape index (κ2) is 4.62. The van der Waals surface area contributed by atoms with Crippen molar-refractivity contribution in [2.24, 2.45) is 5.92 Å².